The highest BCUT2D eigenvalue weighted by molar-refractivity contribution is 5.83. The molecule has 5 heteroatoms. The van der Waals surface area contributed by atoms with E-state index >= 15 is 0 Å². The Bertz CT molecular complexity index is 471. The Hall–Kier alpha value is -1.49. The lowest BCUT2D eigenvalue weighted by molar-refractivity contribution is -0.130. The second kappa shape index (κ2) is 5.65. The highest BCUT2D eigenvalue weighted by atomic mass is 19.2. The van der Waals surface area contributed by atoms with Gasteiger partial charge in [-0.2, -0.15) is 0 Å². The quantitative estimate of drug-likeness (QED) is 0.876. The predicted molar refractivity (Wildman–Crippen MR) is 68.4 cm³/mol. The van der Waals surface area contributed by atoms with Crippen molar-refractivity contribution in [1.29, 1.82) is 0 Å². The van der Waals surface area contributed by atoms with Gasteiger partial charge in [-0.25, -0.2) is 8.78 Å². The minimum atomic E-state index is -0.889. The average molecular weight is 268 g/mol. The van der Waals surface area contributed by atoms with Crippen LogP contribution in [-0.2, 0) is 11.3 Å². The Labute approximate surface area is 111 Å². The molecule has 0 bridgehead atoms. The number of rotatable bonds is 4. The molecule has 1 saturated heterocycles. The van der Waals surface area contributed by atoms with Gasteiger partial charge in [0.15, 0.2) is 11.6 Å². The van der Waals surface area contributed by atoms with Crippen molar-refractivity contribution in [3.63, 3.8) is 0 Å². The minimum Gasteiger partial charge on any atom is -0.352 e. The van der Waals surface area contributed by atoms with E-state index in [9.17, 15) is 13.6 Å². The zero-order valence-electron chi connectivity index (χ0n) is 10.9. The topological polar surface area (TPSA) is 41.1 Å². The highest BCUT2D eigenvalue weighted by Gasteiger charge is 2.39. The molecule has 2 N–H and O–H groups in total. The molecule has 104 valence electrons. The molecule has 0 aromatic heterocycles. The second-order valence-electron chi connectivity index (χ2n) is 4.99. The standard InChI is InChI=1S/C14H18F2N2O/c1-2-14(5-6-17-9-14)13(19)18-8-10-3-4-11(15)12(16)7-10/h3-4,7,17H,2,5-6,8-9H2,1H3,(H,18,19). The van der Waals surface area contributed by atoms with Crippen LogP contribution in [0.1, 0.15) is 25.3 Å². The van der Waals surface area contributed by atoms with Crippen LogP contribution in [0.25, 0.3) is 0 Å². The lowest BCUT2D eigenvalue weighted by Gasteiger charge is -2.25. The number of amides is 1. The fraction of sp³-hybridized carbons (Fsp3) is 0.500. The van der Waals surface area contributed by atoms with E-state index in [1.54, 1.807) is 0 Å². The van der Waals surface area contributed by atoms with Gasteiger partial charge in [0.1, 0.15) is 0 Å². The Morgan fingerprint density at radius 3 is 2.79 bits per heavy atom. The van der Waals surface area contributed by atoms with Crippen molar-refractivity contribution in [3.8, 4) is 0 Å². The molecule has 1 aromatic carbocycles. The average Bonchev–Trinajstić information content (AvgIpc) is 2.90. The van der Waals surface area contributed by atoms with E-state index < -0.39 is 11.6 Å². The lowest BCUT2D eigenvalue weighted by atomic mass is 9.83. The van der Waals surface area contributed by atoms with Crippen molar-refractivity contribution in [2.45, 2.75) is 26.3 Å². The number of carbonyl (C=O) groups excluding carboxylic acids is 1. The van der Waals surface area contributed by atoms with Gasteiger partial charge in [0.25, 0.3) is 0 Å². The van der Waals surface area contributed by atoms with Gasteiger partial charge < -0.3 is 10.6 Å². The number of benzene rings is 1. The first-order valence-electron chi connectivity index (χ1n) is 6.50. The molecule has 1 heterocycles. The van der Waals surface area contributed by atoms with Crippen molar-refractivity contribution in [2.75, 3.05) is 13.1 Å². The van der Waals surface area contributed by atoms with Gasteiger partial charge in [-0.3, -0.25) is 4.79 Å². The molecule has 1 unspecified atom stereocenters. The summed E-state index contributed by atoms with van der Waals surface area (Å²) in [7, 11) is 0. The van der Waals surface area contributed by atoms with E-state index in [1.807, 2.05) is 6.92 Å². The number of hydrogen-bond donors (Lipinski definition) is 2. The van der Waals surface area contributed by atoms with Crippen LogP contribution in [0.4, 0.5) is 8.78 Å². The predicted octanol–water partition coefficient (Wildman–Crippen LogP) is 1.97. The molecule has 1 amide bonds. The Morgan fingerprint density at radius 2 is 2.21 bits per heavy atom. The van der Waals surface area contributed by atoms with Crippen LogP contribution in [0, 0.1) is 17.0 Å². The molecule has 1 fully saturated rings. The smallest absolute Gasteiger partial charge is 0.227 e. The van der Waals surface area contributed by atoms with Crippen molar-refractivity contribution in [1.82, 2.24) is 10.6 Å². The number of hydrogen-bond acceptors (Lipinski definition) is 2. The molecule has 2 rings (SSSR count). The van der Waals surface area contributed by atoms with Crippen LogP contribution < -0.4 is 10.6 Å². The maximum absolute atomic E-state index is 13.0. The maximum atomic E-state index is 13.0. The molecule has 1 atom stereocenters. The van der Waals surface area contributed by atoms with Gasteiger partial charge in [-0.05, 0) is 37.1 Å². The molecular formula is C14H18F2N2O. The Kier molecular flexibility index (Phi) is 4.14. The van der Waals surface area contributed by atoms with Gasteiger partial charge in [-0.15, -0.1) is 0 Å². The van der Waals surface area contributed by atoms with Crippen molar-refractivity contribution in [2.24, 2.45) is 5.41 Å². The van der Waals surface area contributed by atoms with Gasteiger partial charge >= 0.3 is 0 Å². The van der Waals surface area contributed by atoms with Crippen LogP contribution in [0.15, 0.2) is 18.2 Å². The molecule has 1 aliphatic heterocycles. The number of halogens is 2. The van der Waals surface area contributed by atoms with Gasteiger partial charge in [0.2, 0.25) is 5.91 Å². The third-order valence-electron chi connectivity index (χ3n) is 3.84. The summed E-state index contributed by atoms with van der Waals surface area (Å²) < 4.78 is 25.8. The molecule has 1 aromatic rings. The molecule has 3 nitrogen and oxygen atoms in total. The van der Waals surface area contributed by atoms with Crippen molar-refractivity contribution >= 4 is 5.91 Å². The van der Waals surface area contributed by atoms with Crippen LogP contribution in [-0.4, -0.2) is 19.0 Å². The van der Waals surface area contributed by atoms with E-state index in [4.69, 9.17) is 0 Å². The van der Waals surface area contributed by atoms with Crippen molar-refractivity contribution < 1.29 is 13.6 Å². The van der Waals surface area contributed by atoms with Gasteiger partial charge in [-0.1, -0.05) is 13.0 Å². The SMILES string of the molecule is CCC1(C(=O)NCc2ccc(F)c(F)c2)CCNC1. The van der Waals surface area contributed by atoms with Gasteiger partial charge in [0.05, 0.1) is 5.41 Å². The first kappa shape index (κ1) is 13.9. The van der Waals surface area contributed by atoms with Crippen LogP contribution in [0.5, 0.6) is 0 Å². The summed E-state index contributed by atoms with van der Waals surface area (Å²) in [4.78, 5) is 12.2. The van der Waals surface area contributed by atoms with E-state index in [0.717, 1.165) is 31.5 Å². The van der Waals surface area contributed by atoms with E-state index in [-0.39, 0.29) is 17.9 Å². The zero-order valence-corrected chi connectivity index (χ0v) is 10.9. The zero-order chi connectivity index (χ0) is 13.9. The molecule has 1 aliphatic rings. The normalized spacial score (nSPS) is 22.5. The van der Waals surface area contributed by atoms with Crippen LogP contribution >= 0.6 is 0 Å². The van der Waals surface area contributed by atoms with Crippen LogP contribution in [0.2, 0.25) is 0 Å². The first-order valence-corrected chi connectivity index (χ1v) is 6.50. The molecule has 19 heavy (non-hydrogen) atoms. The third-order valence-corrected chi connectivity index (χ3v) is 3.84. The summed E-state index contributed by atoms with van der Waals surface area (Å²) >= 11 is 0. The molecule has 0 spiro atoms. The molecule has 0 aliphatic carbocycles. The van der Waals surface area contributed by atoms with Gasteiger partial charge in [0, 0.05) is 13.1 Å². The summed E-state index contributed by atoms with van der Waals surface area (Å²) in [5, 5.41) is 6.00. The monoisotopic (exact) mass is 268 g/mol. The summed E-state index contributed by atoms with van der Waals surface area (Å²) in [6, 6.07) is 3.66. The van der Waals surface area contributed by atoms with Crippen LogP contribution in [0.3, 0.4) is 0 Å². The second-order valence-corrected chi connectivity index (χ2v) is 4.99. The molecule has 0 saturated carbocycles. The van der Waals surface area contributed by atoms with E-state index in [1.165, 1.54) is 6.07 Å². The summed E-state index contributed by atoms with van der Waals surface area (Å²) in [5.41, 5.74) is 0.197. The summed E-state index contributed by atoms with van der Waals surface area (Å²) in [5.74, 6) is -1.79. The molecular weight excluding hydrogens is 250 g/mol. The number of carbonyl (C=O) groups is 1. The Balaban J connectivity index is 1.98. The largest absolute Gasteiger partial charge is 0.352 e. The fourth-order valence-corrected chi connectivity index (χ4v) is 2.42. The van der Waals surface area contributed by atoms with E-state index in [0.29, 0.717) is 12.1 Å². The lowest BCUT2D eigenvalue weighted by Crippen LogP contribution is -2.41. The Morgan fingerprint density at radius 1 is 1.42 bits per heavy atom. The molecule has 0 radical (unpaired) electrons. The summed E-state index contributed by atoms with van der Waals surface area (Å²) in [6.07, 6.45) is 1.58. The van der Waals surface area contributed by atoms with E-state index in [2.05, 4.69) is 10.6 Å². The summed E-state index contributed by atoms with van der Waals surface area (Å²) in [6.45, 7) is 3.72. The highest BCUT2D eigenvalue weighted by Crippen LogP contribution is 2.29. The first-order chi connectivity index (χ1) is 9.07. The number of nitrogens with one attached hydrogen (secondary N) is 2. The fourth-order valence-electron chi connectivity index (χ4n) is 2.42. The maximum Gasteiger partial charge on any atom is 0.227 e. The third kappa shape index (κ3) is 2.92. The van der Waals surface area contributed by atoms with Crippen molar-refractivity contribution in [3.05, 3.63) is 35.4 Å². The minimum absolute atomic E-state index is 0.0234.